The number of nitrogens with zero attached hydrogens (tertiary/aromatic N) is 5. The van der Waals surface area contributed by atoms with E-state index in [9.17, 15) is 15.0 Å². The van der Waals surface area contributed by atoms with E-state index < -0.39 is 24.2 Å². The third-order valence-corrected chi connectivity index (χ3v) is 6.43. The molecule has 1 unspecified atom stereocenters. The first-order valence-electron chi connectivity index (χ1n) is 10.1. The van der Waals surface area contributed by atoms with Gasteiger partial charge in [0.15, 0.2) is 17.1 Å². The maximum Gasteiger partial charge on any atom is 0.187 e. The lowest BCUT2D eigenvalue weighted by Crippen LogP contribution is -2.30. The number of hydrogen-bond acceptors (Lipinski definition) is 7. The van der Waals surface area contributed by atoms with E-state index in [0.29, 0.717) is 35.6 Å². The van der Waals surface area contributed by atoms with E-state index in [2.05, 4.69) is 19.8 Å². The third-order valence-electron chi connectivity index (χ3n) is 6.43. The topological polar surface area (TPSA) is 115 Å². The SMILES string of the molecule is [C-]#[N+]c1ccc2c(c1)C(c1ncnc3c1ncn3[C@@H]1C[C@H](COC)[C@@H](O)[C@H]1O)C(=O)C2. The molecule has 158 valence electrons. The second-order valence-corrected chi connectivity index (χ2v) is 8.15. The average Bonchev–Trinajstić information content (AvgIpc) is 3.42. The van der Waals surface area contributed by atoms with Gasteiger partial charge in [-0.1, -0.05) is 18.2 Å². The van der Waals surface area contributed by atoms with Gasteiger partial charge < -0.3 is 19.5 Å². The van der Waals surface area contributed by atoms with Gasteiger partial charge in [0.05, 0.1) is 43.3 Å². The number of methoxy groups -OCH3 is 1. The molecule has 0 saturated heterocycles. The zero-order chi connectivity index (χ0) is 21.7. The zero-order valence-corrected chi connectivity index (χ0v) is 16.8. The number of aliphatic hydroxyl groups excluding tert-OH is 2. The van der Waals surface area contributed by atoms with Gasteiger partial charge in [0.2, 0.25) is 0 Å². The number of hydrogen-bond donors (Lipinski definition) is 2. The number of ether oxygens (including phenoxy) is 1. The Hall–Kier alpha value is -3.19. The highest BCUT2D eigenvalue weighted by Crippen LogP contribution is 2.41. The lowest BCUT2D eigenvalue weighted by molar-refractivity contribution is -0.118. The number of carbonyl (C=O) groups excluding carboxylic acids is 1. The lowest BCUT2D eigenvalue weighted by Gasteiger charge is -2.18. The molecule has 5 atom stereocenters. The van der Waals surface area contributed by atoms with Crippen molar-refractivity contribution in [3.63, 3.8) is 0 Å². The van der Waals surface area contributed by atoms with Crippen molar-refractivity contribution < 1.29 is 19.7 Å². The Labute approximate surface area is 178 Å². The molecule has 5 rings (SSSR count). The van der Waals surface area contributed by atoms with Crippen LogP contribution < -0.4 is 0 Å². The molecule has 2 N–H and O–H groups in total. The summed E-state index contributed by atoms with van der Waals surface area (Å²) in [6.07, 6.45) is 1.89. The van der Waals surface area contributed by atoms with Gasteiger partial charge >= 0.3 is 0 Å². The van der Waals surface area contributed by atoms with Gasteiger partial charge in [0.1, 0.15) is 17.9 Å². The highest BCUT2D eigenvalue weighted by molar-refractivity contribution is 5.98. The highest BCUT2D eigenvalue weighted by Gasteiger charge is 2.43. The molecule has 0 radical (unpaired) electrons. The summed E-state index contributed by atoms with van der Waals surface area (Å²) in [5, 5.41) is 21.0. The number of aliphatic hydroxyl groups is 2. The van der Waals surface area contributed by atoms with E-state index >= 15 is 0 Å². The van der Waals surface area contributed by atoms with Crippen LogP contribution in [0.1, 0.15) is 35.2 Å². The summed E-state index contributed by atoms with van der Waals surface area (Å²) in [6, 6.07) is 4.87. The van der Waals surface area contributed by atoms with Crippen molar-refractivity contribution >= 4 is 22.6 Å². The second kappa shape index (κ2) is 7.50. The number of aromatic nitrogens is 4. The van der Waals surface area contributed by atoms with Gasteiger partial charge in [-0.2, -0.15) is 0 Å². The molecular formula is C22H21N5O4. The predicted octanol–water partition coefficient (Wildman–Crippen LogP) is 1.56. The van der Waals surface area contributed by atoms with E-state index in [1.165, 1.54) is 6.33 Å². The fourth-order valence-electron chi connectivity index (χ4n) is 4.92. The molecule has 3 aromatic rings. The van der Waals surface area contributed by atoms with Gasteiger partial charge in [0.25, 0.3) is 0 Å². The Morgan fingerprint density at radius 1 is 1.26 bits per heavy atom. The first-order valence-corrected chi connectivity index (χ1v) is 10.1. The molecule has 1 saturated carbocycles. The van der Waals surface area contributed by atoms with Crippen molar-refractivity contribution in [3.8, 4) is 0 Å². The van der Waals surface area contributed by atoms with Crippen LogP contribution in [0.4, 0.5) is 5.69 Å². The summed E-state index contributed by atoms with van der Waals surface area (Å²) in [5.74, 6) is -0.798. The molecular weight excluding hydrogens is 398 g/mol. The van der Waals surface area contributed by atoms with Gasteiger partial charge in [-0.05, 0) is 17.5 Å². The molecule has 9 nitrogen and oxygen atoms in total. The van der Waals surface area contributed by atoms with E-state index in [1.807, 2.05) is 6.07 Å². The first kappa shape index (κ1) is 19.8. The summed E-state index contributed by atoms with van der Waals surface area (Å²) in [6.45, 7) is 7.63. The smallest absolute Gasteiger partial charge is 0.187 e. The minimum atomic E-state index is -0.981. The van der Waals surface area contributed by atoms with Crippen molar-refractivity contribution in [1.29, 1.82) is 0 Å². The van der Waals surface area contributed by atoms with Crippen LogP contribution in [0.5, 0.6) is 0 Å². The molecule has 2 aliphatic rings. The van der Waals surface area contributed by atoms with Crippen molar-refractivity contribution in [2.24, 2.45) is 5.92 Å². The fourth-order valence-corrected chi connectivity index (χ4v) is 4.92. The summed E-state index contributed by atoms with van der Waals surface area (Å²) in [5.41, 5.74) is 3.63. The predicted molar refractivity (Wildman–Crippen MR) is 110 cm³/mol. The monoisotopic (exact) mass is 419 g/mol. The van der Waals surface area contributed by atoms with Crippen LogP contribution in [-0.2, 0) is 16.0 Å². The summed E-state index contributed by atoms with van der Waals surface area (Å²) < 4.78 is 6.92. The highest BCUT2D eigenvalue weighted by atomic mass is 16.5. The fraction of sp³-hybridized carbons (Fsp3) is 0.409. The summed E-state index contributed by atoms with van der Waals surface area (Å²) in [4.78, 5) is 29.6. The third kappa shape index (κ3) is 3.03. The van der Waals surface area contributed by atoms with E-state index in [0.717, 1.165) is 11.1 Å². The minimum absolute atomic E-state index is 0.00293. The minimum Gasteiger partial charge on any atom is -0.390 e. The average molecular weight is 419 g/mol. The van der Waals surface area contributed by atoms with Crippen molar-refractivity contribution in [2.45, 2.75) is 37.0 Å². The Morgan fingerprint density at radius 2 is 2.10 bits per heavy atom. The van der Waals surface area contributed by atoms with Crippen LogP contribution in [0.15, 0.2) is 30.9 Å². The van der Waals surface area contributed by atoms with E-state index in [1.54, 1.807) is 30.1 Å². The molecule has 9 heteroatoms. The Kier molecular flexibility index (Phi) is 4.78. The number of Topliss-reactive ketones (excluding diaryl/α,β-unsaturated/α-hetero) is 1. The lowest BCUT2D eigenvalue weighted by atomic mass is 9.95. The standard InChI is InChI=1S/C22H21N5O4/c1-23-13-4-3-11-6-16(28)17(14(11)7-13)18-19-22(25-9-24-18)27(10-26-19)15-5-12(8-31-2)20(29)21(15)30/h3-4,7,9-10,12,15,17,20-21,29-30H,5-6,8H2,2H3/t12-,15-,17?,20-,21+/m1/s1. The van der Waals surface area contributed by atoms with Gasteiger partial charge in [0, 0.05) is 19.4 Å². The Bertz CT molecular complexity index is 1220. The molecule has 0 spiro atoms. The number of imidazole rings is 1. The molecule has 1 aromatic carbocycles. The number of carbonyl (C=O) groups is 1. The maximum atomic E-state index is 12.9. The molecule has 2 aliphatic carbocycles. The molecule has 31 heavy (non-hydrogen) atoms. The van der Waals surface area contributed by atoms with Gasteiger partial charge in [-0.15, -0.1) is 0 Å². The molecule has 0 amide bonds. The van der Waals surface area contributed by atoms with Gasteiger partial charge in [-0.3, -0.25) is 4.79 Å². The van der Waals surface area contributed by atoms with Crippen molar-refractivity contribution in [1.82, 2.24) is 19.5 Å². The van der Waals surface area contributed by atoms with Crippen LogP contribution in [0.3, 0.4) is 0 Å². The van der Waals surface area contributed by atoms with E-state index in [-0.39, 0.29) is 18.1 Å². The Morgan fingerprint density at radius 3 is 2.87 bits per heavy atom. The number of rotatable bonds is 4. The molecule has 0 bridgehead atoms. The van der Waals surface area contributed by atoms with Crippen LogP contribution in [0.2, 0.25) is 0 Å². The van der Waals surface area contributed by atoms with Crippen molar-refractivity contribution in [2.75, 3.05) is 13.7 Å². The second-order valence-electron chi connectivity index (χ2n) is 8.15. The zero-order valence-electron chi connectivity index (χ0n) is 16.8. The normalized spacial score (nSPS) is 27.5. The molecule has 2 heterocycles. The maximum absolute atomic E-state index is 12.9. The van der Waals surface area contributed by atoms with Crippen LogP contribution in [-0.4, -0.2) is 61.4 Å². The molecule has 0 aliphatic heterocycles. The first-order chi connectivity index (χ1) is 15.0. The molecule has 1 fully saturated rings. The van der Waals surface area contributed by atoms with Gasteiger partial charge in [-0.25, -0.2) is 19.8 Å². The van der Waals surface area contributed by atoms with Crippen LogP contribution >= 0.6 is 0 Å². The van der Waals surface area contributed by atoms with Crippen LogP contribution in [0.25, 0.3) is 16.0 Å². The summed E-state index contributed by atoms with van der Waals surface area (Å²) >= 11 is 0. The summed E-state index contributed by atoms with van der Waals surface area (Å²) in [7, 11) is 1.56. The number of benzene rings is 1. The van der Waals surface area contributed by atoms with E-state index in [4.69, 9.17) is 11.3 Å². The Balaban J connectivity index is 1.58. The quantitative estimate of drug-likeness (QED) is 0.617. The number of fused-ring (bicyclic) bond motifs is 2. The molecule has 2 aromatic heterocycles. The largest absolute Gasteiger partial charge is 0.390 e. The number of ketones is 1. The van der Waals surface area contributed by atoms with Crippen molar-refractivity contribution in [3.05, 3.63) is 59.1 Å². The van der Waals surface area contributed by atoms with Crippen LogP contribution in [0, 0.1) is 12.5 Å².